The number of halogens is 1. The number of nitrogens with zero attached hydrogens (tertiary/aromatic N) is 2. The molecule has 0 saturated carbocycles. The maximum atomic E-state index is 5.63. The molecule has 4 heteroatoms. The molecule has 0 fully saturated rings. The second-order valence-electron chi connectivity index (χ2n) is 2.49. The van der Waals surface area contributed by atoms with Crippen LogP contribution in [0.5, 0.6) is 0 Å². The zero-order valence-corrected chi connectivity index (χ0v) is 8.25. The van der Waals surface area contributed by atoms with Crippen molar-refractivity contribution < 1.29 is 0 Å². The molecule has 13 heavy (non-hydrogen) atoms. The Labute approximate surface area is 82.9 Å². The molecule has 0 bridgehead atoms. The second-order valence-corrected chi connectivity index (χ2v) is 2.92. The average Bonchev–Trinajstić information content (AvgIpc) is 2.15. The van der Waals surface area contributed by atoms with Gasteiger partial charge in [-0.3, -0.25) is 0 Å². The summed E-state index contributed by atoms with van der Waals surface area (Å²) in [7, 11) is 0. The molecule has 0 aliphatic carbocycles. The van der Waals surface area contributed by atoms with E-state index >= 15 is 0 Å². The molecule has 0 radical (unpaired) electrons. The lowest BCUT2D eigenvalue weighted by atomic mass is 10.4. The fourth-order valence-electron chi connectivity index (χ4n) is 0.804. The first-order chi connectivity index (χ1) is 6.33. The third-order valence-corrected chi connectivity index (χ3v) is 1.60. The smallest absolute Gasteiger partial charge is 0.222 e. The number of rotatable bonds is 4. The Morgan fingerprint density at radius 2 is 2.08 bits per heavy atom. The first-order valence-corrected chi connectivity index (χ1v) is 4.57. The highest BCUT2D eigenvalue weighted by Gasteiger charge is 1.91. The summed E-state index contributed by atoms with van der Waals surface area (Å²) in [4.78, 5) is 7.98. The molecule has 0 spiro atoms. The van der Waals surface area contributed by atoms with E-state index in [-0.39, 0.29) is 0 Å². The van der Waals surface area contributed by atoms with Crippen LogP contribution in [0, 0.1) is 0 Å². The van der Waals surface area contributed by atoms with Gasteiger partial charge in [0.1, 0.15) is 0 Å². The van der Waals surface area contributed by atoms with Crippen molar-refractivity contribution in [1.82, 2.24) is 9.97 Å². The summed E-state index contributed by atoms with van der Waals surface area (Å²) in [6.45, 7) is 2.84. The first kappa shape index (κ1) is 9.99. The van der Waals surface area contributed by atoms with E-state index in [2.05, 4.69) is 28.3 Å². The zero-order valence-electron chi connectivity index (χ0n) is 7.50. The first-order valence-electron chi connectivity index (χ1n) is 4.19. The van der Waals surface area contributed by atoms with E-state index in [9.17, 15) is 0 Å². The average molecular weight is 198 g/mol. The van der Waals surface area contributed by atoms with Crippen molar-refractivity contribution in [3.05, 3.63) is 29.6 Å². The lowest BCUT2D eigenvalue weighted by molar-refractivity contribution is 1.11. The van der Waals surface area contributed by atoms with Crippen LogP contribution in [-0.4, -0.2) is 16.5 Å². The highest BCUT2D eigenvalue weighted by Crippen LogP contribution is 2.04. The standard InChI is InChI=1S/C9H12ClN3/c1-2-3-4-5-11-9-12-6-8(10)7-13-9/h3-4,6-7H,2,5H2,1H3,(H,11,12,13)/b4-3+. The van der Waals surface area contributed by atoms with E-state index < -0.39 is 0 Å². The molecule has 1 aromatic rings. The fourth-order valence-corrected chi connectivity index (χ4v) is 0.901. The molecule has 70 valence electrons. The summed E-state index contributed by atoms with van der Waals surface area (Å²) in [5, 5.41) is 3.59. The van der Waals surface area contributed by atoms with Gasteiger partial charge >= 0.3 is 0 Å². The molecule has 0 saturated heterocycles. The van der Waals surface area contributed by atoms with Gasteiger partial charge in [0, 0.05) is 6.54 Å². The second kappa shape index (κ2) is 5.54. The van der Waals surface area contributed by atoms with Gasteiger partial charge in [-0.15, -0.1) is 0 Å². The molecular formula is C9H12ClN3. The number of hydrogen-bond donors (Lipinski definition) is 1. The minimum absolute atomic E-state index is 0.551. The van der Waals surface area contributed by atoms with E-state index in [0.717, 1.165) is 13.0 Å². The molecule has 1 N–H and O–H groups in total. The van der Waals surface area contributed by atoms with Crippen molar-refractivity contribution in [3.8, 4) is 0 Å². The lowest BCUT2D eigenvalue weighted by Crippen LogP contribution is -2.02. The van der Waals surface area contributed by atoms with Gasteiger partial charge in [0.25, 0.3) is 0 Å². The molecule has 1 aromatic heterocycles. The summed E-state index contributed by atoms with van der Waals surface area (Å²) in [6, 6.07) is 0. The minimum atomic E-state index is 0.551. The summed E-state index contributed by atoms with van der Waals surface area (Å²) in [5.41, 5.74) is 0. The quantitative estimate of drug-likeness (QED) is 0.754. The van der Waals surface area contributed by atoms with Crippen molar-refractivity contribution >= 4 is 17.5 Å². The third-order valence-electron chi connectivity index (χ3n) is 1.40. The summed E-state index contributed by atoms with van der Waals surface area (Å²) in [6.07, 6.45) is 8.31. The Hall–Kier alpha value is -1.09. The van der Waals surface area contributed by atoms with Crippen LogP contribution in [0.2, 0.25) is 5.02 Å². The van der Waals surface area contributed by atoms with Gasteiger partial charge in [-0.05, 0) is 6.42 Å². The molecule has 3 nitrogen and oxygen atoms in total. The number of nitrogens with one attached hydrogen (secondary N) is 1. The fraction of sp³-hybridized carbons (Fsp3) is 0.333. The van der Waals surface area contributed by atoms with Crippen molar-refractivity contribution in [3.63, 3.8) is 0 Å². The van der Waals surface area contributed by atoms with E-state index in [1.165, 1.54) is 0 Å². The lowest BCUT2D eigenvalue weighted by Gasteiger charge is -1.99. The Morgan fingerprint density at radius 1 is 1.38 bits per heavy atom. The van der Waals surface area contributed by atoms with Crippen LogP contribution < -0.4 is 5.32 Å². The van der Waals surface area contributed by atoms with Gasteiger partial charge in [0.15, 0.2) is 0 Å². The van der Waals surface area contributed by atoms with Crippen LogP contribution in [0.15, 0.2) is 24.5 Å². The third kappa shape index (κ3) is 3.90. The number of allylic oxidation sites excluding steroid dienone is 1. The highest BCUT2D eigenvalue weighted by molar-refractivity contribution is 6.30. The Kier molecular flexibility index (Phi) is 4.26. The Bertz CT molecular complexity index is 269. The predicted octanol–water partition coefficient (Wildman–Crippen LogP) is 2.51. The van der Waals surface area contributed by atoms with Crippen molar-refractivity contribution in [2.24, 2.45) is 0 Å². The van der Waals surface area contributed by atoms with Crippen LogP contribution in [0.4, 0.5) is 5.95 Å². The van der Waals surface area contributed by atoms with Crippen LogP contribution in [0.25, 0.3) is 0 Å². The van der Waals surface area contributed by atoms with E-state index in [1.807, 2.05) is 6.08 Å². The van der Waals surface area contributed by atoms with Gasteiger partial charge < -0.3 is 5.32 Å². The predicted molar refractivity (Wildman–Crippen MR) is 55.0 cm³/mol. The molecule has 1 rings (SSSR count). The van der Waals surface area contributed by atoms with E-state index in [1.54, 1.807) is 12.4 Å². The molecule has 0 aliphatic heterocycles. The van der Waals surface area contributed by atoms with Gasteiger partial charge in [-0.1, -0.05) is 30.7 Å². The molecule has 1 heterocycles. The summed E-state index contributed by atoms with van der Waals surface area (Å²) < 4.78 is 0. The van der Waals surface area contributed by atoms with Crippen LogP contribution >= 0.6 is 11.6 Å². The Morgan fingerprint density at radius 3 is 2.69 bits per heavy atom. The Balaban J connectivity index is 2.37. The molecule has 0 aliphatic rings. The SMILES string of the molecule is CC/C=C/CNc1ncc(Cl)cn1. The molecule has 0 aromatic carbocycles. The molecular weight excluding hydrogens is 186 g/mol. The van der Waals surface area contributed by atoms with Gasteiger partial charge in [0.05, 0.1) is 17.4 Å². The van der Waals surface area contributed by atoms with Crippen LogP contribution in [0.3, 0.4) is 0 Å². The molecule has 0 unspecified atom stereocenters. The van der Waals surface area contributed by atoms with Crippen molar-refractivity contribution in [2.45, 2.75) is 13.3 Å². The number of anilines is 1. The topological polar surface area (TPSA) is 37.8 Å². The van der Waals surface area contributed by atoms with Crippen LogP contribution in [-0.2, 0) is 0 Å². The summed E-state index contributed by atoms with van der Waals surface area (Å²) in [5.74, 6) is 0.602. The monoisotopic (exact) mass is 197 g/mol. The highest BCUT2D eigenvalue weighted by atomic mass is 35.5. The van der Waals surface area contributed by atoms with Gasteiger partial charge in [-0.25, -0.2) is 9.97 Å². The van der Waals surface area contributed by atoms with Gasteiger partial charge in [0.2, 0.25) is 5.95 Å². The van der Waals surface area contributed by atoms with Gasteiger partial charge in [-0.2, -0.15) is 0 Å². The van der Waals surface area contributed by atoms with E-state index in [0.29, 0.717) is 11.0 Å². The van der Waals surface area contributed by atoms with Crippen LogP contribution in [0.1, 0.15) is 13.3 Å². The number of hydrogen-bond acceptors (Lipinski definition) is 3. The zero-order chi connectivity index (χ0) is 9.52. The maximum Gasteiger partial charge on any atom is 0.222 e. The molecule has 0 amide bonds. The largest absolute Gasteiger partial charge is 0.351 e. The number of aromatic nitrogens is 2. The molecule has 0 atom stereocenters. The normalized spacial score (nSPS) is 10.6. The van der Waals surface area contributed by atoms with Crippen molar-refractivity contribution in [1.29, 1.82) is 0 Å². The summed E-state index contributed by atoms with van der Waals surface area (Å²) >= 11 is 5.63. The van der Waals surface area contributed by atoms with E-state index in [4.69, 9.17) is 11.6 Å². The van der Waals surface area contributed by atoms with Crippen molar-refractivity contribution in [2.75, 3.05) is 11.9 Å². The minimum Gasteiger partial charge on any atom is -0.351 e. The maximum absolute atomic E-state index is 5.63.